The number of guanidine groups is 1. The van der Waals surface area contributed by atoms with Crippen molar-refractivity contribution in [3.8, 4) is 5.75 Å². The van der Waals surface area contributed by atoms with Crippen LogP contribution in [0.2, 0.25) is 0 Å². The summed E-state index contributed by atoms with van der Waals surface area (Å²) in [5.74, 6) is -3.32. The first-order valence-corrected chi connectivity index (χ1v) is 12.7. The van der Waals surface area contributed by atoms with E-state index in [4.69, 9.17) is 17.2 Å². The van der Waals surface area contributed by atoms with Crippen molar-refractivity contribution in [2.45, 2.75) is 56.8 Å². The maximum absolute atomic E-state index is 13.4. The van der Waals surface area contributed by atoms with Crippen LogP contribution in [0.25, 0.3) is 0 Å². The number of benzene rings is 2. The molecule has 0 saturated carbocycles. The smallest absolute Gasteiger partial charge is 0.325 e. The molecule has 0 radical (unpaired) electrons. The van der Waals surface area contributed by atoms with Crippen LogP contribution in [0.15, 0.2) is 59.6 Å². The van der Waals surface area contributed by atoms with Crippen molar-refractivity contribution in [2.75, 3.05) is 6.54 Å². The number of nitrogens with one attached hydrogen (secondary N) is 3. The minimum Gasteiger partial charge on any atom is -0.508 e. The predicted molar refractivity (Wildman–Crippen MR) is 149 cm³/mol. The number of hydrogen-bond acceptors (Lipinski definition) is 7. The lowest BCUT2D eigenvalue weighted by Crippen LogP contribution is -2.57. The van der Waals surface area contributed by atoms with Gasteiger partial charge in [-0.1, -0.05) is 42.5 Å². The zero-order valence-electron chi connectivity index (χ0n) is 22.2. The fourth-order valence-corrected chi connectivity index (χ4v) is 3.74. The highest BCUT2D eigenvalue weighted by Crippen LogP contribution is 2.12. The fourth-order valence-electron chi connectivity index (χ4n) is 3.74. The van der Waals surface area contributed by atoms with Gasteiger partial charge in [0.25, 0.3) is 0 Å². The Labute approximate surface area is 232 Å². The summed E-state index contributed by atoms with van der Waals surface area (Å²) >= 11 is 0. The monoisotopic (exact) mass is 555 g/mol. The van der Waals surface area contributed by atoms with Gasteiger partial charge in [-0.05, 0) is 49.4 Å². The molecule has 0 aliphatic carbocycles. The lowest BCUT2D eigenvalue weighted by molar-refractivity contribution is -0.141. The second kappa shape index (κ2) is 15.7. The van der Waals surface area contributed by atoms with Gasteiger partial charge in [-0.2, -0.15) is 0 Å². The van der Waals surface area contributed by atoms with E-state index in [9.17, 15) is 29.4 Å². The molecule has 0 fully saturated rings. The molecule has 40 heavy (non-hydrogen) atoms. The molecule has 4 unspecified atom stereocenters. The Hall–Kier alpha value is -4.65. The molecule has 13 nitrogen and oxygen atoms in total. The van der Waals surface area contributed by atoms with Crippen LogP contribution in [0.3, 0.4) is 0 Å². The summed E-state index contributed by atoms with van der Waals surface area (Å²) in [6.45, 7) is 1.47. The number of nitrogens with two attached hydrogens (primary N) is 3. The van der Waals surface area contributed by atoms with E-state index in [1.54, 1.807) is 12.1 Å². The highest BCUT2D eigenvalue weighted by Gasteiger charge is 2.29. The summed E-state index contributed by atoms with van der Waals surface area (Å²) in [7, 11) is 0. The number of aromatic hydroxyl groups is 1. The zero-order valence-corrected chi connectivity index (χ0v) is 22.2. The molecule has 2 aromatic rings. The van der Waals surface area contributed by atoms with E-state index in [1.807, 2.05) is 30.3 Å². The first-order valence-electron chi connectivity index (χ1n) is 12.7. The number of phenolic OH excluding ortho intramolecular Hbond substituents is 1. The van der Waals surface area contributed by atoms with E-state index in [1.165, 1.54) is 19.1 Å². The molecule has 0 aromatic heterocycles. The maximum Gasteiger partial charge on any atom is 0.325 e. The third kappa shape index (κ3) is 11.0. The van der Waals surface area contributed by atoms with Gasteiger partial charge in [-0.15, -0.1) is 0 Å². The molecule has 0 spiro atoms. The van der Waals surface area contributed by atoms with Gasteiger partial charge in [0, 0.05) is 13.0 Å². The van der Waals surface area contributed by atoms with Crippen molar-refractivity contribution < 1.29 is 29.4 Å². The molecule has 2 aromatic carbocycles. The van der Waals surface area contributed by atoms with Gasteiger partial charge < -0.3 is 43.4 Å². The Morgan fingerprint density at radius 2 is 1.40 bits per heavy atom. The minimum atomic E-state index is -1.25. The van der Waals surface area contributed by atoms with Crippen molar-refractivity contribution in [3.63, 3.8) is 0 Å². The first kappa shape index (κ1) is 31.6. The highest BCUT2D eigenvalue weighted by molar-refractivity contribution is 5.94. The quantitative estimate of drug-likeness (QED) is 0.0772. The van der Waals surface area contributed by atoms with Gasteiger partial charge in [0.2, 0.25) is 17.7 Å². The largest absolute Gasteiger partial charge is 0.508 e. The summed E-state index contributed by atoms with van der Waals surface area (Å²) in [6, 6.07) is 10.8. The number of hydrogen-bond donors (Lipinski definition) is 8. The Bertz CT molecular complexity index is 1170. The fraction of sp³-hybridized carbons (Fsp3) is 0.370. The van der Waals surface area contributed by atoms with Crippen LogP contribution in [0.1, 0.15) is 30.9 Å². The number of carbonyl (C=O) groups is 4. The summed E-state index contributed by atoms with van der Waals surface area (Å²) in [4.78, 5) is 54.4. The molecule has 4 atom stereocenters. The number of carbonyl (C=O) groups excluding carboxylic acids is 3. The van der Waals surface area contributed by atoms with E-state index in [0.29, 0.717) is 12.0 Å². The Balaban J connectivity index is 2.22. The summed E-state index contributed by atoms with van der Waals surface area (Å²) in [6.07, 6.45) is 0.662. The maximum atomic E-state index is 13.4. The van der Waals surface area contributed by atoms with Gasteiger partial charge in [0.15, 0.2) is 5.96 Å². The third-order valence-corrected chi connectivity index (χ3v) is 5.95. The lowest BCUT2D eigenvalue weighted by Gasteiger charge is -2.25. The molecule has 0 heterocycles. The van der Waals surface area contributed by atoms with Crippen molar-refractivity contribution in [1.82, 2.24) is 16.0 Å². The molecule has 0 aliphatic rings. The summed E-state index contributed by atoms with van der Waals surface area (Å²) in [5, 5.41) is 26.4. The lowest BCUT2D eigenvalue weighted by atomic mass is 10.0. The Kier molecular flexibility index (Phi) is 12.4. The van der Waals surface area contributed by atoms with Crippen LogP contribution < -0.4 is 33.2 Å². The minimum absolute atomic E-state index is 0.0312. The van der Waals surface area contributed by atoms with Crippen molar-refractivity contribution in [2.24, 2.45) is 22.2 Å². The van der Waals surface area contributed by atoms with Crippen LogP contribution in [0.5, 0.6) is 5.75 Å². The summed E-state index contributed by atoms with van der Waals surface area (Å²) < 4.78 is 0. The van der Waals surface area contributed by atoms with Gasteiger partial charge in [0.1, 0.15) is 23.9 Å². The first-order chi connectivity index (χ1) is 19.0. The van der Waals surface area contributed by atoms with Gasteiger partial charge >= 0.3 is 5.97 Å². The van der Waals surface area contributed by atoms with Gasteiger partial charge in [-0.3, -0.25) is 24.2 Å². The number of amides is 3. The molecule has 216 valence electrons. The number of carboxylic acid groups (broad SMARTS) is 1. The molecule has 0 bridgehead atoms. The van der Waals surface area contributed by atoms with Gasteiger partial charge in [0.05, 0.1) is 6.04 Å². The Morgan fingerprint density at radius 1 is 0.825 bits per heavy atom. The normalized spacial score (nSPS) is 13.7. The molecule has 0 aliphatic heterocycles. The zero-order chi connectivity index (χ0) is 29.7. The molecule has 13 heteroatoms. The second-order valence-electron chi connectivity index (χ2n) is 9.31. The molecule has 0 saturated heterocycles. The number of aliphatic imine (C=N–C) groups is 1. The number of rotatable bonds is 15. The number of nitrogens with zero attached hydrogens (tertiary/aromatic N) is 1. The van der Waals surface area contributed by atoms with Crippen molar-refractivity contribution >= 4 is 29.7 Å². The molecular formula is C27H37N7O6. The van der Waals surface area contributed by atoms with Crippen LogP contribution >= 0.6 is 0 Å². The standard InChI is InChI=1S/C27H37N7O6/c1-16(26(39)40)32-24(37)21(8-5-13-31-27(29)30)33-25(38)22(15-18-9-11-19(35)12-10-18)34-23(36)20(28)14-17-6-3-2-4-7-17/h2-4,6-7,9-12,16,20-22,35H,5,8,13-15,28H2,1H3,(H,32,37)(H,33,38)(H,34,36)(H,39,40)(H4,29,30,31). The van der Waals surface area contributed by atoms with Gasteiger partial charge in [-0.25, -0.2) is 0 Å². The highest BCUT2D eigenvalue weighted by atomic mass is 16.4. The average Bonchev–Trinajstić information content (AvgIpc) is 2.91. The number of phenols is 1. The number of carboxylic acids is 1. The molecule has 3 amide bonds. The number of aliphatic carboxylic acids is 1. The Morgan fingerprint density at radius 3 is 2.00 bits per heavy atom. The SMILES string of the molecule is CC(NC(=O)C(CCCN=C(N)N)NC(=O)C(Cc1ccc(O)cc1)NC(=O)C(N)Cc1ccccc1)C(=O)O. The van der Waals surface area contributed by atoms with Crippen LogP contribution in [-0.4, -0.2) is 70.6 Å². The molecule has 2 rings (SSSR count). The van der Waals surface area contributed by atoms with Crippen LogP contribution in [-0.2, 0) is 32.0 Å². The van der Waals surface area contributed by atoms with E-state index in [0.717, 1.165) is 5.56 Å². The van der Waals surface area contributed by atoms with Crippen LogP contribution in [0, 0.1) is 0 Å². The average molecular weight is 556 g/mol. The molecule has 11 N–H and O–H groups in total. The predicted octanol–water partition coefficient (Wildman–Crippen LogP) is -0.883. The van der Waals surface area contributed by atoms with Crippen molar-refractivity contribution in [3.05, 3.63) is 65.7 Å². The third-order valence-electron chi connectivity index (χ3n) is 5.95. The summed E-state index contributed by atoms with van der Waals surface area (Å²) in [5.41, 5.74) is 18.3. The molecular weight excluding hydrogens is 518 g/mol. The second-order valence-corrected chi connectivity index (χ2v) is 9.31. The van der Waals surface area contributed by atoms with E-state index < -0.39 is 47.9 Å². The van der Waals surface area contributed by atoms with Crippen LogP contribution in [0.4, 0.5) is 0 Å². The van der Waals surface area contributed by atoms with E-state index >= 15 is 0 Å². The van der Waals surface area contributed by atoms with E-state index in [-0.39, 0.29) is 37.5 Å². The van der Waals surface area contributed by atoms with Crippen molar-refractivity contribution in [1.29, 1.82) is 0 Å². The van der Waals surface area contributed by atoms with E-state index in [2.05, 4.69) is 20.9 Å². The topological polar surface area (TPSA) is 235 Å².